The van der Waals surface area contributed by atoms with Crippen molar-refractivity contribution in [3.63, 3.8) is 0 Å². The average Bonchev–Trinajstić information content (AvgIpc) is 3.33. The molecule has 4 aromatic rings. The predicted molar refractivity (Wildman–Crippen MR) is 95.6 cm³/mol. The summed E-state index contributed by atoms with van der Waals surface area (Å²) in [5, 5.41) is 12.3. The highest BCUT2D eigenvalue weighted by molar-refractivity contribution is 5.79. The molecule has 26 heavy (non-hydrogen) atoms. The summed E-state index contributed by atoms with van der Waals surface area (Å²) in [6.45, 7) is 0. The molecule has 0 bridgehead atoms. The number of nitrogens with zero attached hydrogens (tertiary/aromatic N) is 7. The van der Waals surface area contributed by atoms with Crippen LogP contribution in [-0.4, -0.2) is 47.1 Å². The maximum atomic E-state index is 11.7. The van der Waals surface area contributed by atoms with E-state index in [1.54, 1.807) is 22.6 Å². The molecule has 9 heteroatoms. The fourth-order valence-corrected chi connectivity index (χ4v) is 2.82. The van der Waals surface area contributed by atoms with Crippen LogP contribution in [0.3, 0.4) is 0 Å². The summed E-state index contributed by atoms with van der Waals surface area (Å²) in [7, 11) is 5.36. The minimum atomic E-state index is -0.149. The number of carbonyl (C=O) groups excluding carboxylic acids is 1. The number of rotatable bonds is 4. The van der Waals surface area contributed by atoms with E-state index in [9.17, 15) is 4.79 Å². The first-order valence-electron chi connectivity index (χ1n) is 8.14. The number of aromatic nitrogens is 7. The first-order valence-corrected chi connectivity index (χ1v) is 8.14. The minimum absolute atomic E-state index is 0.0980. The van der Waals surface area contributed by atoms with Crippen molar-refractivity contribution in [2.24, 2.45) is 14.1 Å². The Kier molecular flexibility index (Phi) is 3.76. The number of pyridine rings is 1. The van der Waals surface area contributed by atoms with Gasteiger partial charge in [-0.25, -0.2) is 9.97 Å². The van der Waals surface area contributed by atoms with Gasteiger partial charge >= 0.3 is 0 Å². The summed E-state index contributed by atoms with van der Waals surface area (Å²) in [4.78, 5) is 21.0. The number of fused-ring (bicyclic) bond motifs is 1. The third kappa shape index (κ3) is 2.63. The second-order valence-corrected chi connectivity index (χ2v) is 5.96. The Labute approximate surface area is 149 Å². The summed E-state index contributed by atoms with van der Waals surface area (Å²) >= 11 is 0. The lowest BCUT2D eigenvalue weighted by Crippen LogP contribution is -2.20. The van der Waals surface area contributed by atoms with Crippen molar-refractivity contribution in [1.29, 1.82) is 0 Å². The SMILES string of the molecule is CNC(=O)Cc1nc(-c2ccc3ccn(C)c3n2)n(-c2ccnn2C)n1. The van der Waals surface area contributed by atoms with Gasteiger partial charge in [0.15, 0.2) is 17.5 Å². The molecule has 0 spiro atoms. The van der Waals surface area contributed by atoms with Crippen LogP contribution in [0.4, 0.5) is 0 Å². The van der Waals surface area contributed by atoms with Crippen LogP contribution in [0.5, 0.6) is 0 Å². The molecule has 0 aromatic carbocycles. The second-order valence-electron chi connectivity index (χ2n) is 5.96. The lowest BCUT2D eigenvalue weighted by molar-refractivity contribution is -0.120. The number of hydrogen-bond donors (Lipinski definition) is 1. The van der Waals surface area contributed by atoms with Gasteiger partial charge in [0.05, 0.1) is 12.6 Å². The molecule has 4 aromatic heterocycles. The van der Waals surface area contributed by atoms with Crippen molar-refractivity contribution >= 4 is 16.9 Å². The first-order chi connectivity index (χ1) is 12.6. The van der Waals surface area contributed by atoms with Gasteiger partial charge in [-0.15, -0.1) is 5.10 Å². The normalized spacial score (nSPS) is 11.2. The highest BCUT2D eigenvalue weighted by Gasteiger charge is 2.19. The van der Waals surface area contributed by atoms with Crippen LogP contribution in [0.25, 0.3) is 28.4 Å². The zero-order valence-electron chi connectivity index (χ0n) is 14.7. The predicted octanol–water partition coefficient (Wildman–Crippen LogP) is 0.843. The number of hydrogen-bond acceptors (Lipinski definition) is 5. The molecule has 0 atom stereocenters. The van der Waals surface area contributed by atoms with Crippen LogP contribution in [0.2, 0.25) is 0 Å². The van der Waals surface area contributed by atoms with Gasteiger partial charge in [0, 0.05) is 38.8 Å². The molecule has 9 nitrogen and oxygen atoms in total. The van der Waals surface area contributed by atoms with Gasteiger partial charge in [0.25, 0.3) is 0 Å². The fraction of sp³-hybridized carbons (Fsp3) is 0.235. The van der Waals surface area contributed by atoms with E-state index in [2.05, 4.69) is 20.5 Å². The molecule has 132 valence electrons. The summed E-state index contributed by atoms with van der Waals surface area (Å²) < 4.78 is 5.32. The lowest BCUT2D eigenvalue weighted by atomic mass is 10.3. The monoisotopic (exact) mass is 350 g/mol. The van der Waals surface area contributed by atoms with Crippen molar-refractivity contribution in [3.05, 3.63) is 42.5 Å². The highest BCUT2D eigenvalue weighted by Crippen LogP contribution is 2.22. The molecule has 0 aliphatic carbocycles. The standard InChI is InChI=1S/C17H18N8O/c1-18-14(26)10-13-21-17(25(22-13)15-6-8-19-24(15)3)12-5-4-11-7-9-23(2)16(11)20-12/h4-9H,10H2,1-3H3,(H,18,26). The lowest BCUT2D eigenvalue weighted by Gasteiger charge is -2.06. The van der Waals surface area contributed by atoms with E-state index in [4.69, 9.17) is 4.98 Å². The number of amides is 1. The molecule has 4 heterocycles. The van der Waals surface area contributed by atoms with Gasteiger partial charge in [-0.05, 0) is 18.2 Å². The molecule has 4 rings (SSSR count). The summed E-state index contributed by atoms with van der Waals surface area (Å²) in [5.41, 5.74) is 1.53. The van der Waals surface area contributed by atoms with Crippen LogP contribution >= 0.6 is 0 Å². The maximum Gasteiger partial charge on any atom is 0.227 e. The van der Waals surface area contributed by atoms with E-state index >= 15 is 0 Å². The first kappa shape index (κ1) is 16.0. The van der Waals surface area contributed by atoms with Gasteiger partial charge in [0.1, 0.15) is 11.3 Å². The van der Waals surface area contributed by atoms with Crippen LogP contribution < -0.4 is 5.32 Å². The second kappa shape index (κ2) is 6.10. The number of nitrogens with one attached hydrogen (secondary N) is 1. The van der Waals surface area contributed by atoms with Crippen molar-refractivity contribution in [2.75, 3.05) is 7.05 Å². The van der Waals surface area contributed by atoms with E-state index in [1.807, 2.05) is 49.1 Å². The Balaban J connectivity index is 1.88. The Bertz CT molecular complexity index is 1100. The largest absolute Gasteiger partial charge is 0.359 e. The van der Waals surface area contributed by atoms with E-state index in [1.165, 1.54) is 0 Å². The summed E-state index contributed by atoms with van der Waals surface area (Å²) in [5.74, 6) is 1.58. The van der Waals surface area contributed by atoms with E-state index in [0.29, 0.717) is 17.3 Å². The third-order valence-electron chi connectivity index (χ3n) is 4.21. The van der Waals surface area contributed by atoms with Gasteiger partial charge in [0.2, 0.25) is 5.91 Å². The van der Waals surface area contributed by atoms with Crippen LogP contribution in [0.1, 0.15) is 5.82 Å². The van der Waals surface area contributed by atoms with Gasteiger partial charge in [-0.1, -0.05) is 0 Å². The summed E-state index contributed by atoms with van der Waals surface area (Å²) in [6, 6.07) is 7.75. The van der Waals surface area contributed by atoms with Crippen LogP contribution in [0.15, 0.2) is 36.7 Å². The zero-order valence-corrected chi connectivity index (χ0v) is 14.7. The highest BCUT2D eigenvalue weighted by atomic mass is 16.1. The molecule has 0 saturated carbocycles. The Morgan fingerprint density at radius 3 is 2.73 bits per heavy atom. The summed E-state index contributed by atoms with van der Waals surface area (Å²) in [6.07, 6.45) is 3.75. The average molecular weight is 350 g/mol. The molecule has 1 N–H and O–H groups in total. The van der Waals surface area contributed by atoms with Gasteiger partial charge in [-0.2, -0.15) is 9.78 Å². The molecule has 1 amide bonds. The molecule has 0 aliphatic heterocycles. The minimum Gasteiger partial charge on any atom is -0.359 e. The van der Waals surface area contributed by atoms with Crippen molar-refractivity contribution < 1.29 is 4.79 Å². The van der Waals surface area contributed by atoms with Crippen LogP contribution in [-0.2, 0) is 25.3 Å². The smallest absolute Gasteiger partial charge is 0.227 e. The zero-order chi connectivity index (χ0) is 18.3. The molecular weight excluding hydrogens is 332 g/mol. The van der Waals surface area contributed by atoms with Crippen molar-refractivity contribution in [1.82, 2.24) is 39.4 Å². The van der Waals surface area contributed by atoms with Crippen molar-refractivity contribution in [2.45, 2.75) is 6.42 Å². The van der Waals surface area contributed by atoms with E-state index in [-0.39, 0.29) is 12.3 Å². The quantitative estimate of drug-likeness (QED) is 0.588. The van der Waals surface area contributed by atoms with Gasteiger partial charge < -0.3 is 9.88 Å². The van der Waals surface area contributed by atoms with Crippen molar-refractivity contribution in [3.8, 4) is 17.3 Å². The van der Waals surface area contributed by atoms with Crippen LogP contribution in [0, 0.1) is 0 Å². The molecule has 0 aliphatic rings. The van der Waals surface area contributed by atoms with E-state index in [0.717, 1.165) is 16.9 Å². The number of likely N-dealkylation sites (N-methyl/N-ethyl adjacent to an activating group) is 1. The third-order valence-corrected chi connectivity index (χ3v) is 4.21. The maximum absolute atomic E-state index is 11.7. The molecule has 0 radical (unpaired) electrons. The van der Waals surface area contributed by atoms with Gasteiger partial charge in [-0.3, -0.25) is 9.48 Å². The number of carbonyl (C=O) groups is 1. The molecule has 0 saturated heterocycles. The fourth-order valence-electron chi connectivity index (χ4n) is 2.82. The Hall–Kier alpha value is -3.49. The molecular formula is C17H18N8O. The molecule has 0 fully saturated rings. The Morgan fingerprint density at radius 1 is 1.15 bits per heavy atom. The number of aryl methyl sites for hydroxylation is 2. The van der Waals surface area contributed by atoms with E-state index < -0.39 is 0 Å². The molecule has 0 unspecified atom stereocenters. The Morgan fingerprint density at radius 2 is 2.00 bits per heavy atom. The topological polar surface area (TPSA) is 95.5 Å².